The summed E-state index contributed by atoms with van der Waals surface area (Å²) in [6.45, 7) is 8.76. The smallest absolute Gasteiger partial charge is 0.147 e. The molecule has 4 heterocycles. The first kappa shape index (κ1) is 22.9. The molecule has 0 bridgehead atoms. The standard InChI is InChI=1S/C26H31ClN6O/c1-26(2)9-12-32(13-14-34-3)23-15-18(6-7-20(23)26)31-24-19-8-11-33(16-22(19)29-17-30-24)25-21(27)5-4-10-28-25/h4-7,10,15,17H,8-9,11-14,16H2,1-3H3,(H,29,30,31). The Morgan fingerprint density at radius 2 is 2.03 bits per heavy atom. The number of nitrogens with zero attached hydrogens (tertiary/aromatic N) is 5. The number of aromatic nitrogens is 3. The van der Waals surface area contributed by atoms with Crippen molar-refractivity contribution in [2.24, 2.45) is 0 Å². The molecule has 2 aliphatic rings. The zero-order chi connectivity index (χ0) is 23.7. The Hall–Kier alpha value is -2.90. The minimum absolute atomic E-state index is 0.154. The lowest BCUT2D eigenvalue weighted by molar-refractivity contribution is 0.204. The third-order valence-electron chi connectivity index (χ3n) is 6.95. The van der Waals surface area contributed by atoms with Gasteiger partial charge in [-0.05, 0) is 48.1 Å². The highest BCUT2D eigenvalue weighted by Crippen LogP contribution is 2.41. The van der Waals surface area contributed by atoms with Crippen LogP contribution >= 0.6 is 11.6 Å². The molecule has 178 valence electrons. The molecule has 0 fully saturated rings. The predicted octanol–water partition coefficient (Wildman–Crippen LogP) is 4.97. The number of hydrogen-bond donors (Lipinski definition) is 1. The Balaban J connectivity index is 1.41. The van der Waals surface area contributed by atoms with Gasteiger partial charge in [0.05, 0.1) is 23.9 Å². The number of fused-ring (bicyclic) bond motifs is 2. The Labute approximate surface area is 206 Å². The van der Waals surface area contributed by atoms with Crippen molar-refractivity contribution in [1.29, 1.82) is 0 Å². The molecule has 5 rings (SSSR count). The van der Waals surface area contributed by atoms with Gasteiger partial charge in [0.1, 0.15) is 18.0 Å². The van der Waals surface area contributed by atoms with Crippen molar-refractivity contribution in [3.63, 3.8) is 0 Å². The van der Waals surface area contributed by atoms with Crippen LogP contribution < -0.4 is 15.1 Å². The minimum atomic E-state index is 0.154. The van der Waals surface area contributed by atoms with Crippen LogP contribution in [-0.4, -0.2) is 48.3 Å². The Morgan fingerprint density at radius 3 is 2.85 bits per heavy atom. The maximum atomic E-state index is 6.38. The van der Waals surface area contributed by atoms with Crippen LogP contribution in [0.3, 0.4) is 0 Å². The summed E-state index contributed by atoms with van der Waals surface area (Å²) in [7, 11) is 1.76. The van der Waals surface area contributed by atoms with Crippen molar-refractivity contribution in [1.82, 2.24) is 15.0 Å². The van der Waals surface area contributed by atoms with Gasteiger partial charge in [-0.15, -0.1) is 0 Å². The van der Waals surface area contributed by atoms with Crippen LogP contribution in [0.5, 0.6) is 0 Å². The normalized spacial score (nSPS) is 16.7. The molecule has 8 heteroatoms. The summed E-state index contributed by atoms with van der Waals surface area (Å²) in [4.78, 5) is 18.2. The number of rotatable bonds is 6. The highest BCUT2D eigenvalue weighted by Gasteiger charge is 2.31. The fourth-order valence-corrected chi connectivity index (χ4v) is 5.18. The zero-order valence-corrected chi connectivity index (χ0v) is 20.8. The van der Waals surface area contributed by atoms with Crippen molar-refractivity contribution < 1.29 is 4.74 Å². The van der Waals surface area contributed by atoms with Gasteiger partial charge in [-0.3, -0.25) is 0 Å². The summed E-state index contributed by atoms with van der Waals surface area (Å²) in [6, 6.07) is 10.4. The molecule has 0 saturated heterocycles. The first-order chi connectivity index (χ1) is 16.5. The van der Waals surface area contributed by atoms with Gasteiger partial charge in [0.2, 0.25) is 0 Å². The van der Waals surface area contributed by atoms with Gasteiger partial charge < -0.3 is 19.9 Å². The molecule has 0 radical (unpaired) electrons. The van der Waals surface area contributed by atoms with Gasteiger partial charge in [-0.2, -0.15) is 0 Å². The molecule has 2 aromatic heterocycles. The van der Waals surface area contributed by atoms with Crippen molar-refractivity contribution in [3.05, 3.63) is 64.7 Å². The summed E-state index contributed by atoms with van der Waals surface area (Å²) in [5, 5.41) is 4.24. The average Bonchev–Trinajstić information content (AvgIpc) is 2.84. The third-order valence-corrected chi connectivity index (χ3v) is 7.24. The van der Waals surface area contributed by atoms with Crippen molar-refractivity contribution in [2.45, 2.75) is 38.6 Å². The predicted molar refractivity (Wildman–Crippen MR) is 137 cm³/mol. The molecule has 3 aromatic rings. The van der Waals surface area contributed by atoms with E-state index >= 15 is 0 Å². The SMILES string of the molecule is COCCN1CCC(C)(C)c2ccc(Nc3ncnc4c3CCN(c3ncccc3Cl)C4)cc21. The van der Waals surface area contributed by atoms with Crippen molar-refractivity contribution >= 4 is 34.6 Å². The first-order valence-electron chi connectivity index (χ1n) is 11.8. The van der Waals surface area contributed by atoms with E-state index in [-0.39, 0.29) is 5.41 Å². The van der Waals surface area contributed by atoms with Gasteiger partial charge in [-0.1, -0.05) is 31.5 Å². The maximum absolute atomic E-state index is 6.38. The number of methoxy groups -OCH3 is 1. The summed E-state index contributed by atoms with van der Waals surface area (Å²) in [6.07, 6.45) is 5.37. The lowest BCUT2D eigenvalue weighted by Crippen LogP contribution is -2.39. The monoisotopic (exact) mass is 478 g/mol. The van der Waals surface area contributed by atoms with Gasteiger partial charge in [0.15, 0.2) is 0 Å². The van der Waals surface area contributed by atoms with Crippen LogP contribution in [0.1, 0.15) is 37.1 Å². The van der Waals surface area contributed by atoms with Gasteiger partial charge in [0, 0.05) is 49.9 Å². The Morgan fingerprint density at radius 1 is 1.15 bits per heavy atom. The summed E-state index contributed by atoms with van der Waals surface area (Å²) >= 11 is 6.38. The number of ether oxygens (including phenoxy) is 1. The van der Waals surface area contributed by atoms with E-state index in [0.29, 0.717) is 18.2 Å². The molecule has 0 unspecified atom stereocenters. The number of pyridine rings is 1. The average molecular weight is 479 g/mol. The van der Waals surface area contributed by atoms with Crippen LogP contribution in [-0.2, 0) is 23.1 Å². The van der Waals surface area contributed by atoms with Crippen LogP contribution in [0, 0.1) is 0 Å². The van der Waals surface area contributed by atoms with Crippen LogP contribution in [0.4, 0.5) is 23.0 Å². The van der Waals surface area contributed by atoms with Gasteiger partial charge in [0.25, 0.3) is 0 Å². The second-order valence-corrected chi connectivity index (χ2v) is 10.0. The molecule has 0 saturated carbocycles. The molecular weight excluding hydrogens is 448 g/mol. The molecular formula is C26H31ClN6O. The van der Waals surface area contributed by atoms with Crippen molar-refractivity contribution in [3.8, 4) is 0 Å². The summed E-state index contributed by atoms with van der Waals surface area (Å²) in [5.41, 5.74) is 6.01. The zero-order valence-electron chi connectivity index (χ0n) is 20.0. The molecule has 0 atom stereocenters. The molecule has 1 aromatic carbocycles. The van der Waals surface area contributed by atoms with E-state index in [9.17, 15) is 0 Å². The van der Waals surface area contributed by atoms with E-state index in [0.717, 1.165) is 61.1 Å². The van der Waals surface area contributed by atoms with Gasteiger partial charge >= 0.3 is 0 Å². The van der Waals surface area contributed by atoms with Crippen molar-refractivity contribution in [2.75, 3.05) is 48.5 Å². The Bertz CT molecular complexity index is 1180. The largest absolute Gasteiger partial charge is 0.383 e. The topological polar surface area (TPSA) is 66.4 Å². The minimum Gasteiger partial charge on any atom is -0.383 e. The quantitative estimate of drug-likeness (QED) is 0.536. The summed E-state index contributed by atoms with van der Waals surface area (Å²) < 4.78 is 5.36. The second kappa shape index (κ2) is 9.39. The molecule has 0 amide bonds. The second-order valence-electron chi connectivity index (χ2n) is 9.60. The lowest BCUT2D eigenvalue weighted by atomic mass is 9.77. The molecule has 2 aliphatic heterocycles. The van der Waals surface area contributed by atoms with Gasteiger partial charge in [-0.25, -0.2) is 15.0 Å². The van der Waals surface area contributed by atoms with E-state index in [1.165, 1.54) is 11.3 Å². The first-order valence-corrected chi connectivity index (χ1v) is 12.2. The highest BCUT2D eigenvalue weighted by atomic mass is 35.5. The molecule has 7 nitrogen and oxygen atoms in total. The number of nitrogens with one attached hydrogen (secondary N) is 1. The lowest BCUT2D eigenvalue weighted by Gasteiger charge is -2.40. The van der Waals surface area contributed by atoms with E-state index < -0.39 is 0 Å². The summed E-state index contributed by atoms with van der Waals surface area (Å²) in [5.74, 6) is 1.67. The van der Waals surface area contributed by atoms with Crippen LogP contribution in [0.25, 0.3) is 0 Å². The van der Waals surface area contributed by atoms with Crippen LogP contribution in [0.2, 0.25) is 5.02 Å². The number of hydrogen-bond acceptors (Lipinski definition) is 7. The van der Waals surface area contributed by atoms with E-state index in [1.807, 2.05) is 12.1 Å². The molecule has 0 aliphatic carbocycles. The fraction of sp³-hybridized carbons (Fsp3) is 0.423. The number of anilines is 4. The maximum Gasteiger partial charge on any atom is 0.147 e. The molecule has 34 heavy (non-hydrogen) atoms. The third kappa shape index (κ3) is 4.42. The molecule has 0 spiro atoms. The van der Waals surface area contributed by atoms with E-state index in [2.05, 4.69) is 62.1 Å². The highest BCUT2D eigenvalue weighted by molar-refractivity contribution is 6.32. The molecule has 1 N–H and O–H groups in total. The number of benzene rings is 1. The van der Waals surface area contributed by atoms with E-state index in [1.54, 1.807) is 19.6 Å². The Kier molecular flexibility index (Phi) is 6.32. The number of halogens is 1. The van der Waals surface area contributed by atoms with E-state index in [4.69, 9.17) is 16.3 Å². The van der Waals surface area contributed by atoms with Crippen LogP contribution in [0.15, 0.2) is 42.9 Å². The fourth-order valence-electron chi connectivity index (χ4n) is 4.94.